The van der Waals surface area contributed by atoms with E-state index in [4.69, 9.17) is 23.8 Å². The molecular weight excluding hydrogens is 849 g/mol. The molecule has 0 unspecified atom stereocenters. The summed E-state index contributed by atoms with van der Waals surface area (Å²) in [5, 5.41) is 14.0. The predicted octanol–water partition coefficient (Wildman–Crippen LogP) is 4.16. The van der Waals surface area contributed by atoms with Gasteiger partial charge in [0.15, 0.2) is 16.0 Å². The second kappa shape index (κ2) is 17.3. The first-order valence-corrected chi connectivity index (χ1v) is 21.6. The highest BCUT2D eigenvalue weighted by atomic mass is 32.2. The Kier molecular flexibility index (Phi) is 13.2. The van der Waals surface area contributed by atoms with Crippen molar-refractivity contribution in [2.75, 3.05) is 30.3 Å². The van der Waals surface area contributed by atoms with Gasteiger partial charge in [-0.1, -0.05) is 16.5 Å². The molecule has 0 spiro atoms. The number of likely N-dealkylation sites (tertiary alicyclic amines) is 1. The molecule has 0 bridgehead atoms. The topological polar surface area (TPSA) is 267 Å². The van der Waals surface area contributed by atoms with Crippen molar-refractivity contribution in [3.8, 4) is 5.75 Å². The minimum atomic E-state index is -4.90. The molecule has 4 N–H and O–H groups in total. The quantitative estimate of drug-likeness (QED) is 0.0469. The van der Waals surface area contributed by atoms with E-state index in [0.717, 1.165) is 16.0 Å². The predicted molar refractivity (Wildman–Crippen MR) is 219 cm³/mol. The van der Waals surface area contributed by atoms with E-state index in [1.54, 1.807) is 85.4 Å². The monoisotopic (exact) mass is 896 g/mol. The molecular formula is C36H48N8O13S3. The first kappa shape index (κ1) is 45.7. The molecule has 0 saturated carbocycles. The van der Waals surface area contributed by atoms with E-state index >= 15 is 0 Å². The maximum absolute atomic E-state index is 13.7. The SMILES string of the molecule is C[C@H]1[C@H](NC(=O)/C(=N\O[C@@H](COc2ccc3nc(NC4CN(C(=O)OC(C)(C)C)C4)sc3c2)C(=O)OC(C)(C)C)c2csc(NC(=O)OC(C)(C)C)n2)C(=O)N1S(=O)(=O)O. The molecule has 24 heteroatoms. The van der Waals surface area contributed by atoms with Gasteiger partial charge in [0.1, 0.15) is 40.9 Å². The van der Waals surface area contributed by atoms with Crippen LogP contribution in [0.25, 0.3) is 10.2 Å². The number of fused-ring (bicyclic) bond motifs is 1. The van der Waals surface area contributed by atoms with Crippen LogP contribution in [0.3, 0.4) is 0 Å². The molecule has 0 radical (unpaired) electrons. The number of hydrogen-bond acceptors (Lipinski definition) is 18. The van der Waals surface area contributed by atoms with Crippen LogP contribution in [0.4, 0.5) is 19.9 Å². The summed E-state index contributed by atoms with van der Waals surface area (Å²) in [6.45, 7) is 17.0. The third-order valence-corrected chi connectivity index (χ3v) is 10.7. The Morgan fingerprint density at radius 3 is 2.22 bits per heavy atom. The van der Waals surface area contributed by atoms with Crippen molar-refractivity contribution in [3.63, 3.8) is 0 Å². The zero-order valence-electron chi connectivity index (χ0n) is 34.5. The summed E-state index contributed by atoms with van der Waals surface area (Å²) >= 11 is 2.24. The van der Waals surface area contributed by atoms with Gasteiger partial charge in [-0.3, -0.25) is 19.5 Å². The van der Waals surface area contributed by atoms with E-state index in [2.05, 4.69) is 31.1 Å². The molecule has 1 aromatic carbocycles. The molecule has 0 aliphatic carbocycles. The number of nitrogens with zero attached hydrogens (tertiary/aromatic N) is 5. The normalized spacial score (nSPS) is 18.2. The maximum Gasteiger partial charge on any atom is 0.413 e. The highest BCUT2D eigenvalue weighted by Crippen LogP contribution is 2.31. The number of hydrogen-bond donors (Lipinski definition) is 4. The first-order chi connectivity index (χ1) is 27.7. The summed E-state index contributed by atoms with van der Waals surface area (Å²) < 4.78 is 55.8. The lowest BCUT2D eigenvalue weighted by atomic mass is 10.0. The summed E-state index contributed by atoms with van der Waals surface area (Å²) in [6.07, 6.45) is -2.80. The maximum atomic E-state index is 13.7. The van der Waals surface area contributed by atoms with Crippen LogP contribution in [0.15, 0.2) is 28.7 Å². The summed E-state index contributed by atoms with van der Waals surface area (Å²) in [5.74, 6) is -2.77. The van der Waals surface area contributed by atoms with Gasteiger partial charge in [-0.15, -0.1) is 11.3 Å². The fraction of sp³-hybridized carbons (Fsp3) is 0.556. The van der Waals surface area contributed by atoms with E-state index in [1.807, 2.05) is 0 Å². The van der Waals surface area contributed by atoms with Crippen LogP contribution in [0.5, 0.6) is 5.75 Å². The number of rotatable bonds is 13. The van der Waals surface area contributed by atoms with Gasteiger partial charge in [-0.2, -0.15) is 8.42 Å². The molecule has 21 nitrogen and oxygen atoms in total. The van der Waals surface area contributed by atoms with Crippen molar-refractivity contribution in [1.29, 1.82) is 0 Å². The molecule has 2 aliphatic rings. The lowest BCUT2D eigenvalue weighted by Crippen LogP contribution is -2.71. The molecule has 2 saturated heterocycles. The van der Waals surface area contributed by atoms with Gasteiger partial charge in [-0.25, -0.2) is 28.7 Å². The Morgan fingerprint density at radius 1 is 0.967 bits per heavy atom. The molecule has 3 aromatic rings. The van der Waals surface area contributed by atoms with Crippen molar-refractivity contribution in [3.05, 3.63) is 29.3 Å². The van der Waals surface area contributed by atoms with Gasteiger partial charge >= 0.3 is 28.5 Å². The zero-order chi connectivity index (χ0) is 44.5. The third-order valence-electron chi connectivity index (χ3n) is 8.00. The van der Waals surface area contributed by atoms with Gasteiger partial charge in [0, 0.05) is 18.5 Å². The van der Waals surface area contributed by atoms with Crippen LogP contribution in [0.1, 0.15) is 74.9 Å². The number of carbonyl (C=O) groups is 5. The van der Waals surface area contributed by atoms with E-state index < -0.39 is 81.5 Å². The van der Waals surface area contributed by atoms with Gasteiger partial charge < -0.3 is 39.3 Å². The van der Waals surface area contributed by atoms with Gasteiger partial charge in [0.25, 0.3) is 17.9 Å². The van der Waals surface area contributed by atoms with Gasteiger partial charge in [0.05, 0.1) is 22.3 Å². The minimum absolute atomic E-state index is 0.00955. The minimum Gasteiger partial charge on any atom is -0.489 e. The van der Waals surface area contributed by atoms with Crippen LogP contribution in [0.2, 0.25) is 0 Å². The summed E-state index contributed by atoms with van der Waals surface area (Å²) in [5.41, 5.74) is -2.48. The zero-order valence-corrected chi connectivity index (χ0v) is 37.0. The Balaban J connectivity index is 1.33. The molecule has 5 rings (SSSR count). The summed E-state index contributed by atoms with van der Waals surface area (Å²) in [4.78, 5) is 80.5. The number of β-lactam (4-membered cyclic amide) rings is 1. The second-order valence-electron chi connectivity index (χ2n) is 16.7. The van der Waals surface area contributed by atoms with Crippen molar-refractivity contribution in [2.45, 2.75) is 110 Å². The average Bonchev–Trinajstić information content (AvgIpc) is 3.69. The Hall–Kier alpha value is -5.33. The highest BCUT2D eigenvalue weighted by Gasteiger charge is 2.51. The fourth-order valence-electron chi connectivity index (χ4n) is 5.42. The first-order valence-electron chi connectivity index (χ1n) is 18.5. The number of thiazole rings is 2. The lowest BCUT2D eigenvalue weighted by Gasteiger charge is -2.42. The van der Waals surface area contributed by atoms with E-state index in [0.29, 0.717) is 29.5 Å². The number of esters is 1. The van der Waals surface area contributed by atoms with Gasteiger partial charge in [-0.05, 0) is 87.4 Å². The van der Waals surface area contributed by atoms with Crippen LogP contribution in [0, 0.1) is 0 Å². The van der Waals surface area contributed by atoms with Crippen molar-refractivity contribution in [2.24, 2.45) is 5.16 Å². The number of ether oxygens (including phenoxy) is 4. The molecule has 4 heterocycles. The van der Waals surface area contributed by atoms with E-state index in [1.165, 1.54) is 23.6 Å². The van der Waals surface area contributed by atoms with E-state index in [-0.39, 0.29) is 27.3 Å². The highest BCUT2D eigenvalue weighted by molar-refractivity contribution is 7.84. The van der Waals surface area contributed by atoms with Crippen molar-refractivity contribution < 1.29 is 60.7 Å². The number of aromatic nitrogens is 2. The summed E-state index contributed by atoms with van der Waals surface area (Å²) in [6, 6.07) is 2.48. The Labute approximate surface area is 354 Å². The van der Waals surface area contributed by atoms with Crippen molar-refractivity contribution >= 4 is 89.1 Å². The van der Waals surface area contributed by atoms with Crippen LogP contribution < -0.4 is 20.7 Å². The second-order valence-corrected chi connectivity index (χ2v) is 19.9. The molecule has 2 aliphatic heterocycles. The number of amides is 4. The Morgan fingerprint density at radius 2 is 1.62 bits per heavy atom. The number of oxime groups is 1. The lowest BCUT2D eigenvalue weighted by molar-refractivity contribution is -0.170. The van der Waals surface area contributed by atoms with Crippen LogP contribution in [-0.2, 0) is 43.7 Å². The molecule has 2 fully saturated rings. The van der Waals surface area contributed by atoms with Crippen LogP contribution in [-0.4, -0.2) is 129 Å². The molecule has 2 aromatic heterocycles. The van der Waals surface area contributed by atoms with E-state index in [9.17, 15) is 36.9 Å². The molecule has 3 atom stereocenters. The number of nitrogens with one attached hydrogen (secondary N) is 3. The fourth-order valence-corrected chi connectivity index (χ4v) is 7.96. The average molecular weight is 897 g/mol. The number of benzene rings is 1. The molecule has 328 valence electrons. The van der Waals surface area contributed by atoms with Gasteiger partial charge in [0.2, 0.25) is 0 Å². The number of carbonyl (C=O) groups excluding carboxylic acids is 5. The third kappa shape index (κ3) is 12.1. The standard InChI is InChI=1S/C36H48N8O13S3/c1-18-25(28(46)44(18)60(50,51)52)40-27(45)26(22-17-58-30(39-22)41-32(48)55-35(5,6)7)42-57-23(29(47)54-34(2,3)4)16-53-20-11-12-21-24(13-20)59-31(38-21)37-19-14-43(15-19)33(49)56-36(8,9)10/h11-13,17-19,23,25H,14-16H2,1-10H3,(H,37,38)(H,40,45)(H,39,41,48)(H,50,51,52)/b42-26-/t18-,23-,25-/m0/s1. The smallest absolute Gasteiger partial charge is 0.413 e. The van der Waals surface area contributed by atoms with Crippen LogP contribution >= 0.6 is 22.7 Å². The largest absolute Gasteiger partial charge is 0.489 e. The molecule has 60 heavy (non-hydrogen) atoms. The summed E-state index contributed by atoms with van der Waals surface area (Å²) in [7, 11) is -4.90. The number of anilines is 2. The Bertz CT molecular complexity index is 2270. The molecule has 4 amide bonds. The van der Waals surface area contributed by atoms with Crippen molar-refractivity contribution in [1.82, 2.24) is 24.5 Å².